The number of nitrogens with zero attached hydrogens (tertiary/aromatic N) is 3. The first-order valence-corrected chi connectivity index (χ1v) is 11.5. The molecule has 8 nitrogen and oxygen atoms in total. The van der Waals surface area contributed by atoms with E-state index in [4.69, 9.17) is 4.52 Å². The number of rotatable bonds is 5. The van der Waals surface area contributed by atoms with Crippen LogP contribution in [0.15, 0.2) is 50.5 Å². The number of piperidine rings is 1. The molecule has 1 aliphatic heterocycles. The van der Waals surface area contributed by atoms with E-state index in [2.05, 4.69) is 15.5 Å². The molecule has 1 fully saturated rings. The van der Waals surface area contributed by atoms with Gasteiger partial charge in [0.25, 0.3) is 10.0 Å². The first kappa shape index (κ1) is 19.7. The predicted molar refractivity (Wildman–Crippen MR) is 109 cm³/mol. The number of thiophene rings is 1. The summed E-state index contributed by atoms with van der Waals surface area (Å²) < 4.78 is 32.8. The molecule has 1 saturated heterocycles. The maximum absolute atomic E-state index is 13.1. The largest absolute Gasteiger partial charge is 0.339 e. The third kappa shape index (κ3) is 4.24. The number of nitrogens with one attached hydrogen (secondary N) is 1. The second-order valence-corrected chi connectivity index (χ2v) is 9.92. The molecular formula is C19H20N4O4S2. The number of amides is 1. The molecule has 3 heterocycles. The molecule has 0 radical (unpaired) electrons. The van der Waals surface area contributed by atoms with E-state index in [1.54, 1.807) is 18.4 Å². The minimum atomic E-state index is -3.70. The van der Waals surface area contributed by atoms with Crippen molar-refractivity contribution in [1.82, 2.24) is 14.4 Å². The lowest BCUT2D eigenvalue weighted by molar-refractivity contribution is -0.120. The molecule has 0 spiro atoms. The van der Waals surface area contributed by atoms with Gasteiger partial charge in [0.1, 0.15) is 4.21 Å². The smallest absolute Gasteiger partial charge is 0.252 e. The van der Waals surface area contributed by atoms with Crippen LogP contribution in [0, 0.1) is 12.8 Å². The quantitative estimate of drug-likeness (QED) is 0.664. The second-order valence-electron chi connectivity index (χ2n) is 6.85. The summed E-state index contributed by atoms with van der Waals surface area (Å²) in [7, 11) is -3.70. The van der Waals surface area contributed by atoms with E-state index >= 15 is 0 Å². The summed E-state index contributed by atoms with van der Waals surface area (Å²) in [6.07, 6.45) is 1.29. The lowest BCUT2D eigenvalue weighted by Gasteiger charge is -2.30. The molecule has 0 bridgehead atoms. The van der Waals surface area contributed by atoms with Crippen molar-refractivity contribution in [1.29, 1.82) is 0 Å². The Bertz CT molecular complexity index is 1110. The van der Waals surface area contributed by atoms with Gasteiger partial charge in [0.15, 0.2) is 0 Å². The van der Waals surface area contributed by atoms with E-state index in [0.717, 1.165) is 11.3 Å². The number of anilines is 1. The van der Waals surface area contributed by atoms with E-state index in [0.29, 0.717) is 42.4 Å². The van der Waals surface area contributed by atoms with Crippen molar-refractivity contribution in [3.05, 3.63) is 47.7 Å². The molecule has 1 atom stereocenters. The number of para-hydroxylation sites is 1. The monoisotopic (exact) mass is 432 g/mol. The zero-order chi connectivity index (χ0) is 20.4. The molecule has 0 saturated carbocycles. The molecule has 1 aliphatic rings. The maximum Gasteiger partial charge on any atom is 0.252 e. The standard InChI is InChI=1S/C19H20N4O4S2/c1-13-20-18(22-27-13)15-10-17(28-12-15)29(25,26)23-9-5-6-14(11-23)19(24)21-16-7-3-2-4-8-16/h2-4,7-8,10,12,14H,5-6,9,11H2,1H3,(H,21,24)/t14-/m1/s1. The second kappa shape index (κ2) is 8.05. The topological polar surface area (TPSA) is 105 Å². The number of aryl methyl sites for hydroxylation is 1. The Kier molecular flexibility index (Phi) is 5.48. The van der Waals surface area contributed by atoms with Crippen LogP contribution < -0.4 is 5.32 Å². The van der Waals surface area contributed by atoms with Gasteiger partial charge in [0, 0.05) is 36.6 Å². The Morgan fingerprint density at radius 2 is 2.10 bits per heavy atom. The predicted octanol–water partition coefficient (Wildman–Crippen LogP) is 3.15. The van der Waals surface area contributed by atoms with E-state index in [1.807, 2.05) is 30.3 Å². The van der Waals surface area contributed by atoms with Crippen LogP contribution in [0.2, 0.25) is 0 Å². The zero-order valence-corrected chi connectivity index (χ0v) is 17.4. The highest BCUT2D eigenvalue weighted by Gasteiger charge is 2.34. The van der Waals surface area contributed by atoms with Gasteiger partial charge in [-0.15, -0.1) is 11.3 Å². The van der Waals surface area contributed by atoms with Crippen molar-refractivity contribution in [3.63, 3.8) is 0 Å². The first-order valence-electron chi connectivity index (χ1n) is 9.19. The van der Waals surface area contributed by atoms with Crippen molar-refractivity contribution in [2.45, 2.75) is 24.0 Å². The van der Waals surface area contributed by atoms with Gasteiger partial charge in [-0.3, -0.25) is 4.79 Å². The zero-order valence-electron chi connectivity index (χ0n) is 15.7. The number of carbonyl (C=O) groups is 1. The Morgan fingerprint density at radius 1 is 1.31 bits per heavy atom. The normalized spacial score (nSPS) is 17.9. The van der Waals surface area contributed by atoms with Crippen LogP contribution in [0.5, 0.6) is 0 Å². The summed E-state index contributed by atoms with van der Waals surface area (Å²) in [6.45, 7) is 2.23. The Balaban J connectivity index is 1.48. The molecule has 29 heavy (non-hydrogen) atoms. The van der Waals surface area contributed by atoms with Crippen molar-refractivity contribution in [3.8, 4) is 11.4 Å². The Labute approximate surface area is 172 Å². The van der Waals surface area contributed by atoms with Crippen molar-refractivity contribution in [2.75, 3.05) is 18.4 Å². The van der Waals surface area contributed by atoms with Gasteiger partial charge in [0.2, 0.25) is 17.6 Å². The van der Waals surface area contributed by atoms with Gasteiger partial charge >= 0.3 is 0 Å². The molecule has 4 rings (SSSR count). The van der Waals surface area contributed by atoms with Gasteiger partial charge in [-0.1, -0.05) is 23.4 Å². The molecule has 2 aromatic heterocycles. The van der Waals surface area contributed by atoms with E-state index < -0.39 is 15.9 Å². The van der Waals surface area contributed by atoms with E-state index in [1.165, 1.54) is 4.31 Å². The van der Waals surface area contributed by atoms with Gasteiger partial charge in [-0.25, -0.2) is 8.42 Å². The molecule has 10 heteroatoms. The average molecular weight is 433 g/mol. The molecule has 0 aliphatic carbocycles. The van der Waals surface area contributed by atoms with Crippen molar-refractivity contribution < 1.29 is 17.7 Å². The SMILES string of the molecule is Cc1nc(-c2csc(S(=O)(=O)N3CCC[C@@H](C(=O)Nc4ccccc4)C3)c2)no1. The molecular weight excluding hydrogens is 412 g/mol. The van der Waals surface area contributed by atoms with E-state index in [-0.39, 0.29) is 16.7 Å². The summed E-state index contributed by atoms with van der Waals surface area (Å²) in [5, 5.41) is 8.39. The van der Waals surface area contributed by atoms with Crippen LogP contribution in [0.25, 0.3) is 11.4 Å². The lowest BCUT2D eigenvalue weighted by atomic mass is 9.99. The number of aromatic nitrogens is 2. The van der Waals surface area contributed by atoms with Crippen LogP contribution in [-0.2, 0) is 14.8 Å². The summed E-state index contributed by atoms with van der Waals surface area (Å²) in [5.74, 6) is 0.223. The third-order valence-electron chi connectivity index (χ3n) is 4.75. The number of hydrogen-bond acceptors (Lipinski definition) is 7. The molecule has 152 valence electrons. The van der Waals surface area contributed by atoms with Gasteiger partial charge in [0.05, 0.1) is 5.92 Å². The summed E-state index contributed by atoms with van der Waals surface area (Å²) >= 11 is 1.11. The number of hydrogen-bond donors (Lipinski definition) is 1. The highest BCUT2D eigenvalue weighted by molar-refractivity contribution is 7.91. The van der Waals surface area contributed by atoms with Crippen molar-refractivity contribution in [2.24, 2.45) is 5.92 Å². The highest BCUT2D eigenvalue weighted by Crippen LogP contribution is 2.31. The van der Waals surface area contributed by atoms with Crippen LogP contribution in [0.3, 0.4) is 0 Å². The number of benzene rings is 1. The molecule has 1 aromatic carbocycles. The fourth-order valence-electron chi connectivity index (χ4n) is 3.25. The van der Waals surface area contributed by atoms with Crippen LogP contribution in [0.1, 0.15) is 18.7 Å². The highest BCUT2D eigenvalue weighted by atomic mass is 32.2. The van der Waals surface area contributed by atoms with Gasteiger partial charge in [-0.05, 0) is 31.0 Å². The maximum atomic E-state index is 13.1. The number of sulfonamides is 1. The van der Waals surface area contributed by atoms with Gasteiger partial charge < -0.3 is 9.84 Å². The van der Waals surface area contributed by atoms with Crippen LogP contribution in [0.4, 0.5) is 5.69 Å². The summed E-state index contributed by atoms with van der Waals surface area (Å²) in [6, 6.07) is 10.7. The third-order valence-corrected chi connectivity index (χ3v) is 8.03. The molecule has 1 amide bonds. The van der Waals surface area contributed by atoms with E-state index in [9.17, 15) is 13.2 Å². The average Bonchev–Trinajstić information content (AvgIpc) is 3.38. The van der Waals surface area contributed by atoms with Crippen molar-refractivity contribution >= 4 is 33.0 Å². The fourth-order valence-corrected chi connectivity index (χ4v) is 6.09. The summed E-state index contributed by atoms with van der Waals surface area (Å²) in [5.41, 5.74) is 1.30. The first-order chi connectivity index (χ1) is 13.9. The van der Waals surface area contributed by atoms with Crippen LogP contribution in [-0.4, -0.2) is 41.9 Å². The fraction of sp³-hybridized carbons (Fsp3) is 0.316. The Morgan fingerprint density at radius 3 is 2.83 bits per heavy atom. The molecule has 0 unspecified atom stereocenters. The minimum absolute atomic E-state index is 0.162. The molecule has 3 aromatic rings. The lowest BCUT2D eigenvalue weighted by Crippen LogP contribution is -2.43. The minimum Gasteiger partial charge on any atom is -0.339 e. The Hall–Kier alpha value is -2.56. The molecule has 1 N–H and O–H groups in total. The summed E-state index contributed by atoms with van der Waals surface area (Å²) in [4.78, 5) is 16.7. The van der Waals surface area contributed by atoms with Crippen LogP contribution >= 0.6 is 11.3 Å². The number of carbonyl (C=O) groups excluding carboxylic acids is 1. The van der Waals surface area contributed by atoms with Gasteiger partial charge in [-0.2, -0.15) is 9.29 Å².